The molecule has 20 heavy (non-hydrogen) atoms. The van der Waals surface area contributed by atoms with Crippen LogP contribution in [0.1, 0.15) is 18.9 Å². The topological polar surface area (TPSA) is 119 Å². The van der Waals surface area contributed by atoms with Crippen molar-refractivity contribution in [2.75, 3.05) is 24.7 Å². The van der Waals surface area contributed by atoms with Crippen molar-refractivity contribution in [3.05, 3.63) is 10.5 Å². The predicted octanol–water partition coefficient (Wildman–Crippen LogP) is -0.109. The van der Waals surface area contributed by atoms with Crippen molar-refractivity contribution in [2.24, 2.45) is 0 Å². The summed E-state index contributed by atoms with van der Waals surface area (Å²) in [5.41, 5.74) is 5.46. The van der Waals surface area contributed by atoms with Crippen molar-refractivity contribution in [2.45, 2.75) is 29.2 Å². The lowest BCUT2D eigenvalue weighted by Gasteiger charge is -2.10. The van der Waals surface area contributed by atoms with Crippen molar-refractivity contribution in [3.8, 4) is 0 Å². The summed E-state index contributed by atoms with van der Waals surface area (Å²) in [4.78, 5) is 25.8. The van der Waals surface area contributed by atoms with E-state index in [0.717, 1.165) is 12.8 Å². The SMILES string of the molecule is CN(C)c1nc(N)nc(Sc2n[nH]c(=O)n2C2CC2)n1. The van der Waals surface area contributed by atoms with Crippen LogP contribution in [0.4, 0.5) is 11.9 Å². The largest absolute Gasteiger partial charge is 0.368 e. The Morgan fingerprint density at radius 3 is 2.75 bits per heavy atom. The smallest absolute Gasteiger partial charge is 0.344 e. The Morgan fingerprint density at radius 2 is 2.10 bits per heavy atom. The van der Waals surface area contributed by atoms with Gasteiger partial charge in [0.15, 0.2) is 5.16 Å². The minimum Gasteiger partial charge on any atom is -0.368 e. The van der Waals surface area contributed by atoms with Crippen LogP contribution in [0, 0.1) is 0 Å². The van der Waals surface area contributed by atoms with Gasteiger partial charge in [-0.05, 0) is 24.6 Å². The summed E-state index contributed by atoms with van der Waals surface area (Å²) in [6.07, 6.45) is 1.99. The number of aromatic amines is 1. The number of nitrogen functional groups attached to an aromatic ring is 1. The van der Waals surface area contributed by atoms with Crippen LogP contribution in [0.3, 0.4) is 0 Å². The average molecular weight is 294 g/mol. The minimum atomic E-state index is -0.204. The molecule has 0 radical (unpaired) electrons. The molecule has 9 nitrogen and oxygen atoms in total. The fraction of sp³-hybridized carbons (Fsp3) is 0.500. The molecule has 1 saturated carbocycles. The van der Waals surface area contributed by atoms with Gasteiger partial charge in [-0.3, -0.25) is 4.57 Å². The van der Waals surface area contributed by atoms with E-state index in [1.54, 1.807) is 9.47 Å². The van der Waals surface area contributed by atoms with E-state index >= 15 is 0 Å². The van der Waals surface area contributed by atoms with Crippen LogP contribution in [-0.4, -0.2) is 43.8 Å². The molecule has 0 unspecified atom stereocenters. The Balaban J connectivity index is 1.93. The third kappa shape index (κ3) is 2.46. The molecule has 1 aliphatic carbocycles. The first kappa shape index (κ1) is 12.9. The molecular weight excluding hydrogens is 280 g/mol. The molecule has 2 heterocycles. The van der Waals surface area contributed by atoms with Crippen molar-refractivity contribution in [1.82, 2.24) is 29.7 Å². The summed E-state index contributed by atoms with van der Waals surface area (Å²) < 4.78 is 1.64. The second kappa shape index (κ2) is 4.78. The highest BCUT2D eigenvalue weighted by Gasteiger charge is 2.29. The maximum Gasteiger partial charge on any atom is 0.344 e. The van der Waals surface area contributed by atoms with E-state index in [0.29, 0.717) is 16.3 Å². The molecule has 1 fully saturated rings. The zero-order chi connectivity index (χ0) is 14.3. The number of hydrogen-bond donors (Lipinski definition) is 2. The maximum atomic E-state index is 11.7. The lowest BCUT2D eigenvalue weighted by atomic mass is 10.7. The monoisotopic (exact) mass is 294 g/mol. The highest BCUT2D eigenvalue weighted by Crippen LogP contribution is 2.37. The molecular formula is C10H14N8OS. The van der Waals surface area contributed by atoms with Crippen molar-refractivity contribution < 1.29 is 0 Å². The molecule has 0 aliphatic heterocycles. The molecule has 2 aromatic heterocycles. The zero-order valence-corrected chi connectivity index (χ0v) is 11.9. The molecule has 3 N–H and O–H groups in total. The van der Waals surface area contributed by atoms with Crippen LogP contribution < -0.4 is 16.3 Å². The minimum absolute atomic E-state index is 0.141. The molecule has 0 bridgehead atoms. The van der Waals surface area contributed by atoms with Gasteiger partial charge in [0.25, 0.3) is 0 Å². The van der Waals surface area contributed by atoms with Gasteiger partial charge in [0.05, 0.1) is 0 Å². The Morgan fingerprint density at radius 1 is 1.35 bits per heavy atom. The van der Waals surface area contributed by atoms with Crippen molar-refractivity contribution >= 4 is 23.7 Å². The van der Waals surface area contributed by atoms with Gasteiger partial charge in [-0.15, -0.1) is 5.10 Å². The van der Waals surface area contributed by atoms with Gasteiger partial charge < -0.3 is 10.6 Å². The van der Waals surface area contributed by atoms with Crippen LogP contribution in [-0.2, 0) is 0 Å². The van der Waals surface area contributed by atoms with Gasteiger partial charge in [-0.1, -0.05) is 0 Å². The zero-order valence-electron chi connectivity index (χ0n) is 11.1. The fourth-order valence-corrected chi connectivity index (χ4v) is 2.56. The molecule has 3 rings (SSSR count). The molecule has 0 spiro atoms. The number of rotatable bonds is 4. The molecule has 106 valence electrons. The van der Waals surface area contributed by atoms with Gasteiger partial charge in [-0.2, -0.15) is 15.0 Å². The molecule has 0 aromatic carbocycles. The summed E-state index contributed by atoms with van der Waals surface area (Å²) in [6.45, 7) is 0. The van der Waals surface area contributed by atoms with E-state index in [4.69, 9.17) is 5.73 Å². The first-order chi connectivity index (χ1) is 9.54. The molecule has 0 saturated heterocycles. The van der Waals surface area contributed by atoms with Gasteiger partial charge >= 0.3 is 5.69 Å². The second-order valence-electron chi connectivity index (χ2n) is 4.69. The van der Waals surface area contributed by atoms with Gasteiger partial charge in [0, 0.05) is 20.1 Å². The lowest BCUT2D eigenvalue weighted by molar-refractivity contribution is 0.641. The van der Waals surface area contributed by atoms with Crippen LogP contribution in [0.2, 0.25) is 0 Å². The third-order valence-corrected chi connectivity index (χ3v) is 3.62. The number of nitrogens with one attached hydrogen (secondary N) is 1. The number of hydrogen-bond acceptors (Lipinski definition) is 8. The van der Waals surface area contributed by atoms with E-state index in [1.807, 2.05) is 14.1 Å². The Labute approximate surface area is 118 Å². The van der Waals surface area contributed by atoms with Crippen molar-refractivity contribution in [3.63, 3.8) is 0 Å². The number of nitrogens with zero attached hydrogens (tertiary/aromatic N) is 6. The third-order valence-electron chi connectivity index (χ3n) is 2.79. The van der Waals surface area contributed by atoms with Crippen LogP contribution >= 0.6 is 11.8 Å². The van der Waals surface area contributed by atoms with Crippen molar-refractivity contribution in [1.29, 1.82) is 0 Å². The van der Waals surface area contributed by atoms with Gasteiger partial charge in [0.1, 0.15) is 0 Å². The molecule has 0 amide bonds. The number of aromatic nitrogens is 6. The van der Waals surface area contributed by atoms with E-state index < -0.39 is 0 Å². The van der Waals surface area contributed by atoms with E-state index in [-0.39, 0.29) is 17.7 Å². The van der Waals surface area contributed by atoms with E-state index in [2.05, 4.69) is 25.1 Å². The van der Waals surface area contributed by atoms with Gasteiger partial charge in [-0.25, -0.2) is 9.89 Å². The highest BCUT2D eigenvalue weighted by molar-refractivity contribution is 7.99. The maximum absolute atomic E-state index is 11.7. The number of anilines is 2. The fourth-order valence-electron chi connectivity index (χ4n) is 1.71. The number of H-pyrrole nitrogens is 1. The van der Waals surface area contributed by atoms with E-state index in [1.165, 1.54) is 11.8 Å². The van der Waals surface area contributed by atoms with Crippen LogP contribution in [0.15, 0.2) is 15.1 Å². The lowest BCUT2D eigenvalue weighted by Crippen LogP contribution is -2.17. The number of nitrogens with two attached hydrogens (primary N) is 1. The second-order valence-corrected chi connectivity index (χ2v) is 5.62. The molecule has 2 aromatic rings. The Bertz CT molecular complexity index is 689. The quantitative estimate of drug-likeness (QED) is 0.801. The molecule has 10 heteroatoms. The Hall–Kier alpha value is -2.10. The molecule has 1 aliphatic rings. The summed E-state index contributed by atoms with van der Waals surface area (Å²) in [5, 5.41) is 7.43. The standard InChI is InChI=1S/C10H14N8OS/c1-17(2)7-12-6(11)13-8(14-7)20-10-16-15-9(19)18(10)5-3-4-5/h5H,3-4H2,1-2H3,(H,15,19)(H2,11,12,13,14). The van der Waals surface area contributed by atoms with Crippen LogP contribution in [0.5, 0.6) is 0 Å². The summed E-state index contributed by atoms with van der Waals surface area (Å²) in [5.74, 6) is 0.609. The van der Waals surface area contributed by atoms with Gasteiger partial charge in [0.2, 0.25) is 17.1 Å². The Kier molecular flexibility index (Phi) is 3.08. The summed E-state index contributed by atoms with van der Waals surface area (Å²) in [7, 11) is 3.63. The first-order valence-electron chi connectivity index (χ1n) is 6.08. The normalized spacial score (nSPS) is 14.5. The van der Waals surface area contributed by atoms with Crippen LogP contribution in [0.25, 0.3) is 0 Å². The summed E-state index contributed by atoms with van der Waals surface area (Å²) in [6, 6.07) is 0.233. The first-order valence-corrected chi connectivity index (χ1v) is 6.90. The van der Waals surface area contributed by atoms with E-state index in [9.17, 15) is 4.79 Å². The highest BCUT2D eigenvalue weighted by atomic mass is 32.2. The average Bonchev–Trinajstić information content (AvgIpc) is 3.14. The predicted molar refractivity (Wildman–Crippen MR) is 73.8 cm³/mol. The molecule has 0 atom stereocenters. The summed E-state index contributed by atoms with van der Waals surface area (Å²) >= 11 is 1.20.